The van der Waals surface area contributed by atoms with E-state index in [2.05, 4.69) is 5.32 Å². The molecule has 1 aromatic carbocycles. The third-order valence-electron chi connectivity index (χ3n) is 2.83. The molecule has 7 heteroatoms. The maximum atomic E-state index is 12.6. The topological polar surface area (TPSA) is 62.5 Å². The highest BCUT2D eigenvalue weighted by Crippen LogP contribution is 2.32. The van der Waals surface area contributed by atoms with E-state index in [1.807, 2.05) is 0 Å². The molecule has 112 valence electrons. The van der Waals surface area contributed by atoms with E-state index in [9.17, 15) is 18.0 Å². The summed E-state index contributed by atoms with van der Waals surface area (Å²) in [7, 11) is 0. The summed E-state index contributed by atoms with van der Waals surface area (Å²) >= 11 is 0. The fourth-order valence-corrected chi connectivity index (χ4v) is 1.81. The highest BCUT2D eigenvalue weighted by Gasteiger charge is 2.31. The van der Waals surface area contributed by atoms with Crippen LogP contribution in [-0.2, 0) is 12.7 Å². The molecule has 0 atom stereocenters. The molecule has 0 aliphatic rings. The van der Waals surface area contributed by atoms with Crippen molar-refractivity contribution in [1.29, 1.82) is 0 Å². The fraction of sp³-hybridized carbons (Fsp3) is 0.214. The van der Waals surface area contributed by atoms with Gasteiger partial charge in [0.15, 0.2) is 0 Å². The van der Waals surface area contributed by atoms with Crippen LogP contribution in [0.3, 0.4) is 0 Å². The minimum absolute atomic E-state index is 0.101. The number of carbonyl (C=O) groups is 1. The lowest BCUT2D eigenvalue weighted by molar-refractivity contribution is -0.137. The van der Waals surface area contributed by atoms with Crippen LogP contribution in [0.25, 0.3) is 0 Å². The van der Waals surface area contributed by atoms with Crippen molar-refractivity contribution in [3.8, 4) is 0 Å². The average molecular weight is 299 g/mol. The predicted molar refractivity (Wildman–Crippen MR) is 69.2 cm³/mol. The van der Waals surface area contributed by atoms with Crippen LogP contribution in [0.5, 0.6) is 0 Å². The first-order chi connectivity index (χ1) is 9.77. The molecule has 1 aromatic heterocycles. The summed E-state index contributed by atoms with van der Waals surface area (Å²) in [4.78, 5) is 11.1. The van der Waals surface area contributed by atoms with Gasteiger partial charge in [0.1, 0.15) is 11.5 Å². The SMILES string of the molecule is Cc1ccc(CNc2ccc(C(F)(F)F)cc2C(=O)O)o1. The number of halogens is 3. The van der Waals surface area contributed by atoms with Crippen molar-refractivity contribution in [2.75, 3.05) is 5.32 Å². The first-order valence-electron chi connectivity index (χ1n) is 6.01. The molecule has 2 aromatic rings. The number of benzene rings is 1. The van der Waals surface area contributed by atoms with Crippen molar-refractivity contribution >= 4 is 11.7 Å². The van der Waals surface area contributed by atoms with Crippen LogP contribution >= 0.6 is 0 Å². The van der Waals surface area contributed by atoms with E-state index < -0.39 is 23.3 Å². The lowest BCUT2D eigenvalue weighted by Gasteiger charge is -2.12. The molecular formula is C14H12F3NO3. The van der Waals surface area contributed by atoms with Crippen LogP contribution in [0.15, 0.2) is 34.7 Å². The molecule has 0 bridgehead atoms. The summed E-state index contributed by atoms with van der Waals surface area (Å²) < 4.78 is 43.1. The standard InChI is InChI=1S/C14H12F3NO3/c1-8-2-4-10(21-8)7-18-12-5-3-9(14(15,16)17)6-11(12)13(19)20/h2-6,18H,7H2,1H3,(H,19,20). The molecule has 0 aliphatic carbocycles. The van der Waals surface area contributed by atoms with E-state index in [1.165, 1.54) is 0 Å². The Morgan fingerprint density at radius 3 is 2.52 bits per heavy atom. The molecule has 2 N–H and O–H groups in total. The van der Waals surface area contributed by atoms with E-state index in [4.69, 9.17) is 9.52 Å². The third kappa shape index (κ3) is 3.56. The Hall–Kier alpha value is -2.44. The Balaban J connectivity index is 2.24. The summed E-state index contributed by atoms with van der Waals surface area (Å²) in [6.07, 6.45) is -4.58. The van der Waals surface area contributed by atoms with E-state index >= 15 is 0 Å². The minimum atomic E-state index is -4.58. The Bertz CT molecular complexity index is 662. The van der Waals surface area contributed by atoms with Crippen molar-refractivity contribution in [3.63, 3.8) is 0 Å². The van der Waals surface area contributed by atoms with Crippen LogP contribution < -0.4 is 5.32 Å². The normalized spacial score (nSPS) is 11.4. The van der Waals surface area contributed by atoms with Crippen molar-refractivity contribution in [2.45, 2.75) is 19.6 Å². The third-order valence-corrected chi connectivity index (χ3v) is 2.83. The zero-order valence-corrected chi connectivity index (χ0v) is 11.0. The van der Waals surface area contributed by atoms with Gasteiger partial charge in [0.05, 0.1) is 17.7 Å². The van der Waals surface area contributed by atoms with E-state index in [0.717, 1.165) is 12.1 Å². The van der Waals surface area contributed by atoms with Gasteiger partial charge in [-0.1, -0.05) is 0 Å². The summed E-state index contributed by atoms with van der Waals surface area (Å²) in [5.74, 6) is -0.180. The molecule has 0 fully saturated rings. The number of alkyl halides is 3. The van der Waals surface area contributed by atoms with Crippen molar-refractivity contribution < 1.29 is 27.5 Å². The van der Waals surface area contributed by atoms with Gasteiger partial charge in [0.2, 0.25) is 0 Å². The van der Waals surface area contributed by atoms with Crippen LogP contribution in [0.2, 0.25) is 0 Å². The summed E-state index contributed by atoms with van der Waals surface area (Å²) in [5.41, 5.74) is -1.34. The molecule has 0 radical (unpaired) electrons. The highest BCUT2D eigenvalue weighted by atomic mass is 19.4. The average Bonchev–Trinajstić information content (AvgIpc) is 2.80. The smallest absolute Gasteiger partial charge is 0.416 e. The molecule has 1 heterocycles. The number of aryl methyl sites for hydroxylation is 1. The number of hydrogen-bond acceptors (Lipinski definition) is 3. The molecule has 2 rings (SSSR count). The van der Waals surface area contributed by atoms with Gasteiger partial charge in [-0.05, 0) is 37.3 Å². The van der Waals surface area contributed by atoms with E-state index in [-0.39, 0.29) is 12.2 Å². The van der Waals surface area contributed by atoms with Gasteiger partial charge in [-0.15, -0.1) is 0 Å². The molecule has 0 aliphatic heterocycles. The van der Waals surface area contributed by atoms with Gasteiger partial charge in [0.25, 0.3) is 0 Å². The molecule has 0 amide bonds. The van der Waals surface area contributed by atoms with Gasteiger partial charge in [-0.3, -0.25) is 0 Å². The number of carboxylic acid groups (broad SMARTS) is 1. The lowest BCUT2D eigenvalue weighted by Crippen LogP contribution is -2.10. The second kappa shape index (κ2) is 5.51. The van der Waals surface area contributed by atoms with Crippen LogP contribution in [0.1, 0.15) is 27.4 Å². The van der Waals surface area contributed by atoms with E-state index in [0.29, 0.717) is 17.6 Å². The molecule has 0 spiro atoms. The summed E-state index contributed by atoms with van der Waals surface area (Å²) in [6, 6.07) is 5.98. The Morgan fingerprint density at radius 1 is 1.29 bits per heavy atom. The Labute approximate surface area is 118 Å². The Morgan fingerprint density at radius 2 is 2.00 bits per heavy atom. The zero-order chi connectivity index (χ0) is 15.6. The molecule has 0 saturated carbocycles. The quantitative estimate of drug-likeness (QED) is 0.898. The maximum absolute atomic E-state index is 12.6. The van der Waals surface area contributed by atoms with Crippen LogP contribution in [-0.4, -0.2) is 11.1 Å². The maximum Gasteiger partial charge on any atom is 0.416 e. The number of aromatic carboxylic acids is 1. The van der Waals surface area contributed by atoms with Gasteiger partial charge >= 0.3 is 12.1 Å². The van der Waals surface area contributed by atoms with Gasteiger partial charge < -0.3 is 14.8 Å². The Kier molecular flexibility index (Phi) is 3.93. The summed E-state index contributed by atoms with van der Waals surface area (Å²) in [6.45, 7) is 1.93. The first-order valence-corrected chi connectivity index (χ1v) is 6.01. The molecule has 21 heavy (non-hydrogen) atoms. The molecule has 0 unspecified atom stereocenters. The molecular weight excluding hydrogens is 287 g/mol. The second-order valence-corrected chi connectivity index (χ2v) is 4.43. The largest absolute Gasteiger partial charge is 0.478 e. The number of hydrogen-bond donors (Lipinski definition) is 2. The van der Waals surface area contributed by atoms with Crippen molar-refractivity contribution in [2.24, 2.45) is 0 Å². The first kappa shape index (κ1) is 15.0. The number of rotatable bonds is 4. The van der Waals surface area contributed by atoms with Gasteiger partial charge in [-0.25, -0.2) is 4.79 Å². The van der Waals surface area contributed by atoms with Gasteiger partial charge in [-0.2, -0.15) is 13.2 Å². The predicted octanol–water partition coefficient (Wildman–Crippen LogP) is 3.92. The van der Waals surface area contributed by atoms with Crippen LogP contribution in [0.4, 0.5) is 18.9 Å². The fourth-order valence-electron chi connectivity index (χ4n) is 1.81. The monoisotopic (exact) mass is 299 g/mol. The van der Waals surface area contributed by atoms with Gasteiger partial charge in [0, 0.05) is 5.69 Å². The minimum Gasteiger partial charge on any atom is -0.478 e. The number of anilines is 1. The van der Waals surface area contributed by atoms with Crippen molar-refractivity contribution in [1.82, 2.24) is 0 Å². The van der Waals surface area contributed by atoms with Crippen LogP contribution in [0, 0.1) is 6.92 Å². The zero-order valence-electron chi connectivity index (χ0n) is 11.0. The highest BCUT2D eigenvalue weighted by molar-refractivity contribution is 5.94. The second-order valence-electron chi connectivity index (χ2n) is 4.43. The number of furan rings is 1. The number of carboxylic acids is 1. The van der Waals surface area contributed by atoms with E-state index in [1.54, 1.807) is 19.1 Å². The summed E-state index contributed by atoms with van der Waals surface area (Å²) in [5, 5.41) is 11.8. The lowest BCUT2D eigenvalue weighted by atomic mass is 10.1. The van der Waals surface area contributed by atoms with Crippen molar-refractivity contribution in [3.05, 3.63) is 53.0 Å². The number of nitrogens with one attached hydrogen (secondary N) is 1. The molecule has 0 saturated heterocycles. The molecule has 4 nitrogen and oxygen atoms in total.